The topological polar surface area (TPSA) is 139 Å². The lowest BCUT2D eigenvalue weighted by atomic mass is 10.1. The minimum atomic E-state index is -3.89. The maximum atomic E-state index is 12.5. The molecule has 1 atom stereocenters. The molecule has 3 aromatic rings. The van der Waals surface area contributed by atoms with Crippen LogP contribution in [0.5, 0.6) is 0 Å². The number of anilines is 3. The number of nitrogens with one attached hydrogen (secondary N) is 3. The van der Waals surface area contributed by atoms with Gasteiger partial charge in [0.25, 0.3) is 10.0 Å². The molecule has 0 fully saturated rings. The number of nitrogen functional groups attached to an aromatic ring is 1. The van der Waals surface area contributed by atoms with Crippen LogP contribution in [0.15, 0.2) is 59.6 Å². The lowest BCUT2D eigenvalue weighted by molar-refractivity contribution is 0.249. The van der Waals surface area contributed by atoms with Crippen LogP contribution < -0.4 is 21.1 Å². The van der Waals surface area contributed by atoms with Crippen molar-refractivity contribution in [2.75, 3.05) is 15.8 Å². The van der Waals surface area contributed by atoms with E-state index in [4.69, 9.17) is 28.9 Å². The highest BCUT2D eigenvalue weighted by Gasteiger charge is 2.17. The van der Waals surface area contributed by atoms with Crippen LogP contribution in [0, 0.1) is 0 Å². The van der Waals surface area contributed by atoms with E-state index in [1.54, 1.807) is 25.1 Å². The molecule has 9 nitrogen and oxygen atoms in total. The SMILES string of the molecule is CC(NC(=O)Nc1ccc(S(=O)(=O)Nc2ccnc(N)n2)cc1)c1cccc(Cl)c1Cl. The normalized spacial score (nSPS) is 12.1. The van der Waals surface area contributed by atoms with E-state index in [1.165, 1.54) is 36.5 Å². The van der Waals surface area contributed by atoms with Gasteiger partial charge in [0.2, 0.25) is 5.95 Å². The van der Waals surface area contributed by atoms with Crippen LogP contribution in [0.4, 0.5) is 22.2 Å². The molecule has 0 spiro atoms. The molecule has 1 aromatic heterocycles. The van der Waals surface area contributed by atoms with Crippen molar-refractivity contribution >= 4 is 56.7 Å². The first-order valence-corrected chi connectivity index (χ1v) is 11.1. The average Bonchev–Trinajstić information content (AvgIpc) is 2.70. The van der Waals surface area contributed by atoms with Crippen LogP contribution in [0.25, 0.3) is 0 Å². The predicted molar refractivity (Wildman–Crippen MR) is 121 cm³/mol. The van der Waals surface area contributed by atoms with Crippen LogP contribution in [0.2, 0.25) is 10.0 Å². The molecule has 12 heteroatoms. The van der Waals surface area contributed by atoms with Gasteiger partial charge in [0.15, 0.2) is 0 Å². The Morgan fingerprint density at radius 1 is 1.10 bits per heavy atom. The van der Waals surface area contributed by atoms with Gasteiger partial charge in [-0.15, -0.1) is 0 Å². The van der Waals surface area contributed by atoms with Crippen molar-refractivity contribution in [1.82, 2.24) is 15.3 Å². The van der Waals surface area contributed by atoms with Gasteiger partial charge in [-0.05, 0) is 48.9 Å². The zero-order valence-electron chi connectivity index (χ0n) is 16.1. The molecular weight excluding hydrogens is 463 g/mol. The number of benzene rings is 2. The van der Waals surface area contributed by atoms with E-state index in [-0.39, 0.29) is 16.7 Å². The second kappa shape index (κ2) is 9.38. The fourth-order valence-corrected chi connectivity index (χ4v) is 4.11. The molecule has 0 bridgehead atoms. The molecule has 0 aliphatic heterocycles. The Labute approximate surface area is 189 Å². The summed E-state index contributed by atoms with van der Waals surface area (Å²) in [7, 11) is -3.89. The van der Waals surface area contributed by atoms with Crippen molar-refractivity contribution in [1.29, 1.82) is 0 Å². The lowest BCUT2D eigenvalue weighted by Crippen LogP contribution is -2.31. The number of sulfonamides is 1. The van der Waals surface area contributed by atoms with Gasteiger partial charge in [-0.1, -0.05) is 35.3 Å². The molecule has 2 aromatic carbocycles. The molecule has 0 aliphatic rings. The molecule has 1 unspecified atom stereocenters. The number of carbonyl (C=O) groups excluding carboxylic acids is 1. The monoisotopic (exact) mass is 480 g/mol. The minimum absolute atomic E-state index is 0.0188. The third kappa shape index (κ3) is 5.75. The zero-order valence-corrected chi connectivity index (χ0v) is 18.5. The molecule has 31 heavy (non-hydrogen) atoms. The summed E-state index contributed by atoms with van der Waals surface area (Å²) >= 11 is 12.2. The molecule has 5 N–H and O–H groups in total. The summed E-state index contributed by atoms with van der Waals surface area (Å²) in [4.78, 5) is 19.8. The highest BCUT2D eigenvalue weighted by Crippen LogP contribution is 2.29. The van der Waals surface area contributed by atoms with Gasteiger partial charge >= 0.3 is 6.03 Å². The third-order valence-corrected chi connectivity index (χ3v) is 6.34. The van der Waals surface area contributed by atoms with Crippen molar-refractivity contribution in [3.05, 3.63) is 70.3 Å². The van der Waals surface area contributed by atoms with Crippen molar-refractivity contribution in [3.8, 4) is 0 Å². The number of carbonyl (C=O) groups is 1. The van der Waals surface area contributed by atoms with E-state index in [1.807, 2.05) is 0 Å². The van der Waals surface area contributed by atoms with Gasteiger partial charge in [-0.2, -0.15) is 4.98 Å². The van der Waals surface area contributed by atoms with E-state index >= 15 is 0 Å². The molecule has 0 saturated heterocycles. The molecule has 3 rings (SSSR count). The van der Waals surface area contributed by atoms with Gasteiger partial charge in [0.1, 0.15) is 5.82 Å². The minimum Gasteiger partial charge on any atom is -0.368 e. The molecule has 2 amide bonds. The highest BCUT2D eigenvalue weighted by atomic mass is 35.5. The Kier molecular flexibility index (Phi) is 6.84. The Hall–Kier alpha value is -3.08. The van der Waals surface area contributed by atoms with Crippen molar-refractivity contribution < 1.29 is 13.2 Å². The molecule has 1 heterocycles. The van der Waals surface area contributed by atoms with Crippen molar-refractivity contribution in [2.45, 2.75) is 17.9 Å². The van der Waals surface area contributed by atoms with Gasteiger partial charge < -0.3 is 16.4 Å². The Morgan fingerprint density at radius 3 is 2.48 bits per heavy atom. The van der Waals surface area contributed by atoms with Crippen LogP contribution in [-0.4, -0.2) is 24.4 Å². The van der Waals surface area contributed by atoms with Gasteiger partial charge in [0, 0.05) is 11.9 Å². The highest BCUT2D eigenvalue weighted by molar-refractivity contribution is 7.92. The van der Waals surface area contributed by atoms with E-state index in [2.05, 4.69) is 25.3 Å². The summed E-state index contributed by atoms with van der Waals surface area (Å²) in [5.74, 6) is -0.0122. The number of hydrogen-bond donors (Lipinski definition) is 4. The average molecular weight is 481 g/mol. The van der Waals surface area contributed by atoms with Gasteiger partial charge in [-0.25, -0.2) is 18.2 Å². The van der Waals surface area contributed by atoms with Gasteiger partial charge in [0.05, 0.1) is 21.0 Å². The zero-order chi connectivity index (χ0) is 22.6. The third-order valence-electron chi connectivity index (χ3n) is 4.13. The first-order chi connectivity index (χ1) is 14.7. The number of urea groups is 1. The quantitative estimate of drug-likeness (QED) is 0.419. The second-order valence-electron chi connectivity index (χ2n) is 6.39. The molecule has 162 valence electrons. The first kappa shape index (κ1) is 22.6. The largest absolute Gasteiger partial charge is 0.368 e. The number of halogens is 2. The van der Waals surface area contributed by atoms with Crippen LogP contribution in [0.3, 0.4) is 0 Å². The molecule has 0 radical (unpaired) electrons. The van der Waals surface area contributed by atoms with E-state index < -0.39 is 22.1 Å². The standard InChI is InChI=1S/C19H18Cl2N6O3S/c1-11(14-3-2-4-15(20)17(14)21)24-19(28)25-12-5-7-13(8-6-12)31(29,30)27-16-9-10-23-18(22)26-16/h2-11H,1H3,(H2,24,25,28)(H3,22,23,26,27). The summed E-state index contributed by atoms with van der Waals surface area (Å²) in [6.45, 7) is 1.76. The maximum Gasteiger partial charge on any atom is 0.319 e. The number of aromatic nitrogens is 2. The Balaban J connectivity index is 1.64. The number of hydrogen-bond acceptors (Lipinski definition) is 6. The Bertz CT molecular complexity index is 1210. The lowest BCUT2D eigenvalue weighted by Gasteiger charge is -2.17. The molecular formula is C19H18Cl2N6O3S. The summed E-state index contributed by atoms with van der Waals surface area (Å²) in [6, 6.07) is 11.2. The van der Waals surface area contributed by atoms with Crippen molar-refractivity contribution in [2.24, 2.45) is 0 Å². The van der Waals surface area contributed by atoms with E-state index in [0.29, 0.717) is 21.3 Å². The molecule has 0 aliphatic carbocycles. The summed E-state index contributed by atoms with van der Waals surface area (Å²) in [5, 5.41) is 6.14. The van der Waals surface area contributed by atoms with Crippen LogP contribution in [0.1, 0.15) is 18.5 Å². The molecule has 0 saturated carbocycles. The van der Waals surface area contributed by atoms with Gasteiger partial charge in [-0.3, -0.25) is 4.72 Å². The van der Waals surface area contributed by atoms with E-state index in [0.717, 1.165) is 0 Å². The fourth-order valence-electron chi connectivity index (χ4n) is 2.64. The number of amides is 2. The van der Waals surface area contributed by atoms with Crippen LogP contribution >= 0.6 is 23.2 Å². The number of rotatable bonds is 6. The first-order valence-electron chi connectivity index (χ1n) is 8.88. The smallest absolute Gasteiger partial charge is 0.319 e. The van der Waals surface area contributed by atoms with Crippen LogP contribution in [-0.2, 0) is 10.0 Å². The predicted octanol–water partition coefficient (Wildman–Crippen LogP) is 4.05. The number of nitrogens with two attached hydrogens (primary N) is 1. The van der Waals surface area contributed by atoms with Crippen molar-refractivity contribution in [3.63, 3.8) is 0 Å². The Morgan fingerprint density at radius 2 is 1.81 bits per heavy atom. The maximum absolute atomic E-state index is 12.5. The number of nitrogens with zero attached hydrogens (tertiary/aromatic N) is 2. The summed E-state index contributed by atoms with van der Waals surface area (Å²) in [6.07, 6.45) is 1.34. The fraction of sp³-hybridized carbons (Fsp3) is 0.105. The van der Waals surface area contributed by atoms with E-state index in [9.17, 15) is 13.2 Å². The second-order valence-corrected chi connectivity index (χ2v) is 8.86. The summed E-state index contributed by atoms with van der Waals surface area (Å²) in [5.41, 5.74) is 6.52. The summed E-state index contributed by atoms with van der Waals surface area (Å²) < 4.78 is 27.3.